The van der Waals surface area contributed by atoms with Crippen molar-refractivity contribution in [3.05, 3.63) is 82.9 Å². The number of aromatic nitrogens is 1. The zero-order valence-corrected chi connectivity index (χ0v) is 18.2. The molecular formula is C27H23NO4. The number of aliphatic hydroxyl groups is 1. The second kappa shape index (κ2) is 7.70. The third kappa shape index (κ3) is 2.93. The van der Waals surface area contributed by atoms with Crippen LogP contribution in [-0.4, -0.2) is 29.7 Å². The van der Waals surface area contributed by atoms with E-state index in [1.807, 2.05) is 48.5 Å². The molecule has 5 nitrogen and oxygen atoms in total. The molecule has 0 fully saturated rings. The number of carbonyl (C=O) groups is 1. The Kier molecular flexibility index (Phi) is 4.83. The predicted molar refractivity (Wildman–Crippen MR) is 126 cm³/mol. The van der Waals surface area contributed by atoms with Crippen molar-refractivity contribution >= 4 is 22.8 Å². The molecule has 5 heteroatoms. The molecule has 0 unspecified atom stereocenters. The van der Waals surface area contributed by atoms with E-state index in [9.17, 15) is 9.90 Å². The first-order valence-electron chi connectivity index (χ1n) is 10.4. The molecule has 0 amide bonds. The Hall–Kier alpha value is -3.83. The van der Waals surface area contributed by atoms with Crippen LogP contribution in [-0.2, 0) is 6.61 Å². The van der Waals surface area contributed by atoms with Crippen molar-refractivity contribution in [3.8, 4) is 28.4 Å². The minimum Gasteiger partial charge on any atom is -0.497 e. The van der Waals surface area contributed by atoms with Crippen molar-refractivity contribution in [3.63, 3.8) is 0 Å². The summed E-state index contributed by atoms with van der Waals surface area (Å²) < 4.78 is 13.0. The molecule has 0 bridgehead atoms. The van der Waals surface area contributed by atoms with Crippen molar-refractivity contribution in [2.75, 3.05) is 14.2 Å². The average Bonchev–Trinajstić information content (AvgIpc) is 3.16. The van der Waals surface area contributed by atoms with Gasteiger partial charge in [-0.05, 0) is 60.5 Å². The van der Waals surface area contributed by atoms with Gasteiger partial charge in [0.05, 0.1) is 37.6 Å². The molecule has 0 aliphatic heterocycles. The number of methoxy groups -OCH3 is 2. The number of ketones is 1. The highest BCUT2D eigenvalue weighted by Gasteiger charge is 2.29. The highest BCUT2D eigenvalue weighted by molar-refractivity contribution is 6.24. The SMILES string of the molecule is COc1ccc(-n2c(-c3cccc(OC)c3CO)c3c4c(cc(C)cc42)C=CC3=O)cc1. The topological polar surface area (TPSA) is 60.7 Å². The predicted octanol–water partition coefficient (Wildman–Crippen LogP) is 5.32. The minimum atomic E-state index is -0.209. The van der Waals surface area contributed by atoms with Crippen LogP contribution in [0, 0.1) is 6.92 Å². The fourth-order valence-corrected chi connectivity index (χ4v) is 4.61. The van der Waals surface area contributed by atoms with E-state index in [0.29, 0.717) is 16.9 Å². The quantitative estimate of drug-likeness (QED) is 0.470. The summed E-state index contributed by atoms with van der Waals surface area (Å²) in [5.74, 6) is 1.28. The maximum atomic E-state index is 13.2. The van der Waals surface area contributed by atoms with E-state index >= 15 is 0 Å². The van der Waals surface area contributed by atoms with Crippen LogP contribution < -0.4 is 9.47 Å². The average molecular weight is 425 g/mol. The molecule has 1 aliphatic rings. The second-order valence-electron chi connectivity index (χ2n) is 7.85. The summed E-state index contributed by atoms with van der Waals surface area (Å²) in [6, 6.07) is 17.6. The number of aliphatic hydroxyl groups excluding tert-OH is 1. The van der Waals surface area contributed by atoms with Gasteiger partial charge in [0.1, 0.15) is 11.5 Å². The van der Waals surface area contributed by atoms with Crippen molar-refractivity contribution in [1.82, 2.24) is 4.57 Å². The summed E-state index contributed by atoms with van der Waals surface area (Å²) in [4.78, 5) is 13.2. The van der Waals surface area contributed by atoms with Gasteiger partial charge in [0.15, 0.2) is 5.78 Å². The van der Waals surface area contributed by atoms with Crippen LogP contribution in [0.2, 0.25) is 0 Å². The number of ether oxygens (including phenoxy) is 2. The molecule has 0 atom stereocenters. The lowest BCUT2D eigenvalue weighted by molar-refractivity contribution is 0.104. The normalized spacial score (nSPS) is 12.4. The van der Waals surface area contributed by atoms with E-state index in [1.54, 1.807) is 20.3 Å². The molecule has 160 valence electrons. The Morgan fingerprint density at radius 3 is 2.44 bits per heavy atom. The number of nitrogens with zero attached hydrogens (tertiary/aromatic N) is 1. The highest BCUT2D eigenvalue weighted by Crippen LogP contribution is 2.43. The van der Waals surface area contributed by atoms with E-state index in [-0.39, 0.29) is 12.4 Å². The summed E-state index contributed by atoms with van der Waals surface area (Å²) in [6.45, 7) is 1.84. The van der Waals surface area contributed by atoms with E-state index in [0.717, 1.165) is 44.7 Å². The molecule has 5 rings (SSSR count). The Labute approximate surface area is 186 Å². The smallest absolute Gasteiger partial charge is 0.188 e. The van der Waals surface area contributed by atoms with Crippen LogP contribution >= 0.6 is 0 Å². The monoisotopic (exact) mass is 425 g/mol. The Morgan fingerprint density at radius 2 is 1.75 bits per heavy atom. The zero-order chi connectivity index (χ0) is 22.4. The molecule has 32 heavy (non-hydrogen) atoms. The molecule has 1 N–H and O–H groups in total. The van der Waals surface area contributed by atoms with Crippen molar-refractivity contribution in [2.45, 2.75) is 13.5 Å². The lowest BCUT2D eigenvalue weighted by atomic mass is 9.92. The first kappa shape index (κ1) is 20.1. The van der Waals surface area contributed by atoms with Gasteiger partial charge in [-0.1, -0.05) is 24.3 Å². The second-order valence-corrected chi connectivity index (χ2v) is 7.85. The van der Waals surface area contributed by atoms with E-state index < -0.39 is 0 Å². The van der Waals surface area contributed by atoms with Crippen molar-refractivity contribution in [2.24, 2.45) is 0 Å². The maximum Gasteiger partial charge on any atom is 0.188 e. The Morgan fingerprint density at radius 1 is 0.969 bits per heavy atom. The third-order valence-corrected chi connectivity index (χ3v) is 6.00. The summed E-state index contributed by atoms with van der Waals surface area (Å²) in [6.07, 6.45) is 3.50. The number of allylic oxidation sites excluding steroid dienone is 1. The molecule has 0 spiro atoms. The third-order valence-electron chi connectivity index (χ3n) is 6.00. The molecule has 1 aromatic heterocycles. The molecule has 1 aliphatic carbocycles. The van der Waals surface area contributed by atoms with Crippen LogP contribution in [0.1, 0.15) is 27.0 Å². The first-order chi connectivity index (χ1) is 15.6. The molecule has 0 radical (unpaired) electrons. The molecule has 1 heterocycles. The lowest BCUT2D eigenvalue weighted by Gasteiger charge is -2.17. The van der Waals surface area contributed by atoms with Gasteiger partial charge in [-0.2, -0.15) is 0 Å². The van der Waals surface area contributed by atoms with Crippen LogP contribution in [0.3, 0.4) is 0 Å². The zero-order valence-electron chi connectivity index (χ0n) is 18.2. The van der Waals surface area contributed by atoms with Crippen LogP contribution in [0.25, 0.3) is 33.9 Å². The molecule has 4 aromatic rings. The number of hydrogen-bond acceptors (Lipinski definition) is 4. The van der Waals surface area contributed by atoms with Crippen LogP contribution in [0.15, 0.2) is 60.7 Å². The van der Waals surface area contributed by atoms with E-state index in [4.69, 9.17) is 9.47 Å². The largest absolute Gasteiger partial charge is 0.497 e. The van der Waals surface area contributed by atoms with Gasteiger partial charge < -0.3 is 19.1 Å². The van der Waals surface area contributed by atoms with Gasteiger partial charge in [-0.3, -0.25) is 4.79 Å². The van der Waals surface area contributed by atoms with Crippen molar-refractivity contribution in [1.29, 1.82) is 0 Å². The fraction of sp³-hybridized carbons (Fsp3) is 0.148. The number of carbonyl (C=O) groups excluding carboxylic acids is 1. The van der Waals surface area contributed by atoms with Gasteiger partial charge in [0.2, 0.25) is 0 Å². The molecule has 3 aromatic carbocycles. The van der Waals surface area contributed by atoms with Gasteiger partial charge in [0.25, 0.3) is 0 Å². The molecule has 0 saturated heterocycles. The number of benzene rings is 3. The van der Waals surface area contributed by atoms with E-state index in [1.165, 1.54) is 0 Å². The summed E-state index contributed by atoms with van der Waals surface area (Å²) in [5, 5.41) is 11.2. The van der Waals surface area contributed by atoms with Gasteiger partial charge in [-0.15, -0.1) is 0 Å². The highest BCUT2D eigenvalue weighted by atomic mass is 16.5. The number of hydrogen-bond donors (Lipinski definition) is 1. The van der Waals surface area contributed by atoms with Crippen molar-refractivity contribution < 1.29 is 19.4 Å². The molecular weight excluding hydrogens is 402 g/mol. The first-order valence-corrected chi connectivity index (χ1v) is 10.4. The van der Waals surface area contributed by atoms with E-state index in [2.05, 4.69) is 23.6 Å². The standard InChI is InChI=1S/C27H23NO4/c1-16-13-17-7-12-23(30)26-25(17)22(14-16)28(18-8-10-19(31-2)11-9-18)27(26)20-5-4-6-24(32-3)21(20)15-29/h4-14,29H,15H2,1-3H3. The van der Waals surface area contributed by atoms with Crippen LogP contribution in [0.4, 0.5) is 0 Å². The maximum absolute atomic E-state index is 13.2. The minimum absolute atomic E-state index is 0.0553. The summed E-state index contributed by atoms with van der Waals surface area (Å²) in [5.41, 5.74) is 6.74. The molecule has 0 saturated carbocycles. The van der Waals surface area contributed by atoms with Gasteiger partial charge in [0, 0.05) is 22.2 Å². The Balaban J connectivity index is 1.96. The fourth-order valence-electron chi connectivity index (χ4n) is 4.61. The number of rotatable bonds is 5. The summed E-state index contributed by atoms with van der Waals surface area (Å²) in [7, 11) is 3.21. The van der Waals surface area contributed by atoms with Crippen LogP contribution in [0.5, 0.6) is 11.5 Å². The summed E-state index contributed by atoms with van der Waals surface area (Å²) >= 11 is 0. The Bertz CT molecular complexity index is 1390. The van der Waals surface area contributed by atoms with Gasteiger partial charge in [-0.25, -0.2) is 0 Å². The lowest BCUT2D eigenvalue weighted by Crippen LogP contribution is -2.05. The number of aryl methyl sites for hydroxylation is 1. The van der Waals surface area contributed by atoms with Gasteiger partial charge >= 0.3 is 0 Å².